The number of allylic oxidation sites excluding steroid dienone is 1. The average Bonchev–Trinajstić information content (AvgIpc) is 3.30. The number of nitrogens with zero attached hydrogens (tertiary/aromatic N) is 2. The second-order valence-electron chi connectivity index (χ2n) is 11.9. The van der Waals surface area contributed by atoms with E-state index in [9.17, 15) is 39.2 Å². The van der Waals surface area contributed by atoms with Crippen molar-refractivity contribution in [2.75, 3.05) is 27.2 Å². The molecule has 2 aromatic rings. The maximum Gasteiger partial charge on any atom is 0.255 e. The van der Waals surface area contributed by atoms with E-state index >= 15 is 0 Å². The summed E-state index contributed by atoms with van der Waals surface area (Å²) in [6.07, 6.45) is -0.127. The van der Waals surface area contributed by atoms with Crippen LogP contribution in [0.2, 0.25) is 0 Å². The van der Waals surface area contributed by atoms with Gasteiger partial charge in [0.25, 0.3) is 5.91 Å². The van der Waals surface area contributed by atoms with E-state index in [1.165, 1.54) is 4.90 Å². The fourth-order valence-corrected chi connectivity index (χ4v) is 7.35. The van der Waals surface area contributed by atoms with Crippen LogP contribution in [0.25, 0.3) is 10.8 Å². The summed E-state index contributed by atoms with van der Waals surface area (Å²) in [5.41, 5.74) is 3.04. The summed E-state index contributed by atoms with van der Waals surface area (Å²) >= 11 is 0. The second-order valence-corrected chi connectivity index (χ2v) is 11.9. The highest BCUT2D eigenvalue weighted by Gasteiger charge is 2.63. The van der Waals surface area contributed by atoms with Crippen molar-refractivity contribution in [3.8, 4) is 5.75 Å². The Bertz CT molecular complexity index is 1600. The molecule has 6 N–H and O–H groups in total. The fourth-order valence-electron chi connectivity index (χ4n) is 7.35. The largest absolute Gasteiger partial charge is 0.510 e. The van der Waals surface area contributed by atoms with Crippen molar-refractivity contribution in [1.29, 1.82) is 0 Å². The predicted octanol–water partition coefficient (Wildman–Crippen LogP) is 1.82. The minimum Gasteiger partial charge on any atom is -0.510 e. The van der Waals surface area contributed by atoms with Crippen LogP contribution in [0.4, 0.5) is 4.39 Å². The standard InChI is InChI=1S/C30H32FN3O7/c1-33(2)23-19-10-16-9-15-8-14-4-3-13(11-34-6-5-17(31)12-34)7-18(14)24(35)20(15)25(36)21(16)27(38)30(19,41)28(39)22(26(23)37)29(32)40/h3-4,7-8,16-17,19,23,35,37-38,41H,5-6,9-12H2,1-2H3,(H2,32,40)/t16-,17+,19-,23-,30-/m0/s1. The molecule has 0 radical (unpaired) electrons. The molecule has 1 amide bonds. The van der Waals surface area contributed by atoms with Gasteiger partial charge < -0.3 is 26.2 Å². The Balaban J connectivity index is 1.46. The Hall–Kier alpha value is -3.80. The molecule has 41 heavy (non-hydrogen) atoms. The normalized spacial score (nSPS) is 30.2. The number of likely N-dealkylation sites (N-methyl/N-ethyl adjacent to an activating group) is 1. The zero-order valence-corrected chi connectivity index (χ0v) is 22.7. The number of rotatable bonds is 4. The Morgan fingerprint density at radius 2 is 1.93 bits per heavy atom. The molecule has 216 valence electrons. The van der Waals surface area contributed by atoms with Gasteiger partial charge in [-0.05, 0) is 61.9 Å². The van der Waals surface area contributed by atoms with Crippen molar-refractivity contribution >= 4 is 28.2 Å². The minimum atomic E-state index is -2.67. The molecule has 0 aromatic heterocycles. The lowest BCUT2D eigenvalue weighted by atomic mass is 9.58. The molecular formula is C30H32FN3O7. The first-order valence-corrected chi connectivity index (χ1v) is 13.6. The number of hydrogen-bond donors (Lipinski definition) is 5. The van der Waals surface area contributed by atoms with Crippen LogP contribution >= 0.6 is 0 Å². The van der Waals surface area contributed by atoms with E-state index in [1.54, 1.807) is 20.2 Å². The molecule has 1 aliphatic heterocycles. The Morgan fingerprint density at radius 3 is 2.56 bits per heavy atom. The van der Waals surface area contributed by atoms with Crippen molar-refractivity contribution in [3.63, 3.8) is 0 Å². The fraction of sp³-hybridized carbons (Fsp3) is 0.433. The van der Waals surface area contributed by atoms with Crippen LogP contribution in [-0.4, -0.2) is 92.7 Å². The summed E-state index contributed by atoms with van der Waals surface area (Å²) < 4.78 is 13.7. The number of alkyl halides is 1. The van der Waals surface area contributed by atoms with Crippen LogP contribution in [0, 0.1) is 11.8 Å². The number of phenols is 1. The number of aliphatic hydroxyl groups excluding tert-OH is 2. The summed E-state index contributed by atoms with van der Waals surface area (Å²) in [7, 11) is 3.18. The van der Waals surface area contributed by atoms with Gasteiger partial charge in [0, 0.05) is 36.5 Å². The lowest BCUT2D eigenvalue weighted by Gasteiger charge is -2.50. The summed E-state index contributed by atoms with van der Waals surface area (Å²) in [6, 6.07) is 6.28. The number of carbonyl (C=O) groups excluding carboxylic acids is 3. The number of halogens is 1. The van der Waals surface area contributed by atoms with Crippen LogP contribution < -0.4 is 5.73 Å². The van der Waals surface area contributed by atoms with Crippen molar-refractivity contribution in [2.45, 2.75) is 43.6 Å². The van der Waals surface area contributed by atoms with Crippen LogP contribution in [0.15, 0.2) is 46.9 Å². The number of ketones is 2. The van der Waals surface area contributed by atoms with Crippen LogP contribution in [0.5, 0.6) is 5.75 Å². The van der Waals surface area contributed by atoms with Gasteiger partial charge in [0.1, 0.15) is 29.0 Å². The van der Waals surface area contributed by atoms with Crippen molar-refractivity contribution in [3.05, 3.63) is 63.6 Å². The van der Waals surface area contributed by atoms with E-state index < -0.39 is 64.2 Å². The first-order valence-electron chi connectivity index (χ1n) is 13.6. The van der Waals surface area contributed by atoms with Gasteiger partial charge in [-0.2, -0.15) is 0 Å². The van der Waals surface area contributed by atoms with Crippen LogP contribution in [0.3, 0.4) is 0 Å². The van der Waals surface area contributed by atoms with Crippen LogP contribution in [0.1, 0.15) is 34.3 Å². The van der Waals surface area contributed by atoms with Gasteiger partial charge in [-0.15, -0.1) is 0 Å². The molecule has 0 unspecified atom stereocenters. The highest BCUT2D eigenvalue weighted by atomic mass is 19.1. The molecule has 0 bridgehead atoms. The number of amides is 1. The number of benzene rings is 2. The molecule has 3 aliphatic carbocycles. The first kappa shape index (κ1) is 27.4. The van der Waals surface area contributed by atoms with E-state index in [4.69, 9.17) is 5.73 Å². The van der Waals surface area contributed by atoms with E-state index in [-0.39, 0.29) is 29.7 Å². The van der Waals surface area contributed by atoms with Gasteiger partial charge in [0.05, 0.1) is 11.6 Å². The first-order chi connectivity index (χ1) is 19.3. The summed E-state index contributed by atoms with van der Waals surface area (Å²) in [5.74, 6) is -6.71. The number of nitrogens with two attached hydrogens (primary N) is 1. The highest BCUT2D eigenvalue weighted by molar-refractivity contribution is 6.25. The monoisotopic (exact) mass is 565 g/mol. The third kappa shape index (κ3) is 3.90. The number of aliphatic hydroxyl groups is 3. The molecule has 11 heteroatoms. The number of aromatic hydroxyl groups is 1. The number of Topliss-reactive ketones (excluding diaryl/α,β-unsaturated/α-hetero) is 2. The lowest BCUT2D eigenvalue weighted by molar-refractivity contribution is -0.148. The molecule has 2 aromatic carbocycles. The number of carbonyl (C=O) groups is 3. The molecule has 4 aliphatic rings. The maximum absolute atomic E-state index is 13.9. The van der Waals surface area contributed by atoms with Crippen LogP contribution in [-0.2, 0) is 22.6 Å². The van der Waals surface area contributed by atoms with Crippen molar-refractivity contribution in [2.24, 2.45) is 17.6 Å². The van der Waals surface area contributed by atoms with Gasteiger partial charge >= 0.3 is 0 Å². The smallest absolute Gasteiger partial charge is 0.255 e. The summed E-state index contributed by atoms with van der Waals surface area (Å²) in [4.78, 5) is 43.0. The van der Waals surface area contributed by atoms with Crippen molar-refractivity contribution in [1.82, 2.24) is 9.80 Å². The molecule has 1 fully saturated rings. The second kappa shape index (κ2) is 9.37. The number of phenolic OH excluding ortho intramolecular Hbond substituents is 1. The molecule has 5 atom stereocenters. The average molecular weight is 566 g/mol. The number of likely N-dealkylation sites (tertiary alicyclic amines) is 1. The molecular weight excluding hydrogens is 533 g/mol. The van der Waals surface area contributed by atoms with Gasteiger partial charge in [-0.1, -0.05) is 18.2 Å². The zero-order valence-electron chi connectivity index (χ0n) is 22.7. The Labute approximate surface area is 235 Å². The molecule has 0 saturated carbocycles. The topological polar surface area (TPSA) is 165 Å². The SMILES string of the molecule is CN(C)[C@@H]1C(O)=C(C(N)=O)C(=O)[C@@]2(O)C(O)=C3C(=O)c4c(cc5ccc(CN6CC[C@@H](F)C6)cc5c4O)C[C@H]3C[C@@H]12. The third-order valence-electron chi connectivity index (χ3n) is 9.21. The van der Waals surface area contributed by atoms with E-state index in [2.05, 4.69) is 0 Å². The maximum atomic E-state index is 13.9. The third-order valence-corrected chi connectivity index (χ3v) is 9.21. The molecule has 1 heterocycles. The van der Waals surface area contributed by atoms with Crippen molar-refractivity contribution < 1.29 is 39.2 Å². The van der Waals surface area contributed by atoms with Gasteiger partial charge in [-0.3, -0.25) is 24.2 Å². The predicted molar refractivity (Wildman–Crippen MR) is 146 cm³/mol. The van der Waals surface area contributed by atoms with E-state index in [0.29, 0.717) is 42.4 Å². The zero-order chi connectivity index (χ0) is 29.5. The highest BCUT2D eigenvalue weighted by Crippen LogP contribution is 2.52. The van der Waals surface area contributed by atoms with Gasteiger partial charge in [-0.25, -0.2) is 4.39 Å². The van der Waals surface area contributed by atoms with Gasteiger partial charge in [0.15, 0.2) is 11.4 Å². The number of fused-ring (bicyclic) bond motifs is 4. The Morgan fingerprint density at radius 1 is 1.20 bits per heavy atom. The van der Waals surface area contributed by atoms with Gasteiger partial charge in [0.2, 0.25) is 5.78 Å². The molecule has 0 spiro atoms. The number of primary amides is 1. The lowest BCUT2D eigenvalue weighted by Crippen LogP contribution is -2.63. The Kier molecular flexibility index (Phi) is 6.25. The summed E-state index contributed by atoms with van der Waals surface area (Å²) in [5, 5.41) is 46.5. The molecule has 6 rings (SSSR count). The number of hydrogen-bond acceptors (Lipinski definition) is 9. The summed E-state index contributed by atoms with van der Waals surface area (Å²) in [6.45, 7) is 1.45. The molecule has 1 saturated heterocycles. The van der Waals surface area contributed by atoms with E-state index in [0.717, 1.165) is 5.56 Å². The van der Waals surface area contributed by atoms with E-state index in [1.807, 2.05) is 23.1 Å². The minimum absolute atomic E-state index is 0.0274. The molecule has 10 nitrogen and oxygen atoms in total. The quantitative estimate of drug-likeness (QED) is 0.348.